The number of halogens is 1. The Balaban J connectivity index is 1.65. The number of hydrogen-bond donors (Lipinski definition) is 1. The molecule has 124 valence electrons. The Hall–Kier alpha value is -2.53. The van der Waals surface area contributed by atoms with E-state index in [0.717, 1.165) is 11.3 Å². The summed E-state index contributed by atoms with van der Waals surface area (Å²) in [7, 11) is 1.70. The van der Waals surface area contributed by atoms with Crippen LogP contribution < -0.4 is 15.0 Å². The van der Waals surface area contributed by atoms with Crippen LogP contribution in [0.3, 0.4) is 0 Å². The minimum atomic E-state index is -0.571. The van der Waals surface area contributed by atoms with Crippen LogP contribution in [0, 0.1) is 0 Å². The standard InChI is InChI=1S/C18H17ClN2O3/c1-11(22)21(2)15-6-4-14(5-7-15)20-18(23)17-10-12-9-13(19)3-8-16(12)24-17/h3-9,17H,10H2,1-2H3,(H,20,23). The molecular weight excluding hydrogens is 328 g/mol. The fourth-order valence-corrected chi connectivity index (χ4v) is 2.73. The van der Waals surface area contributed by atoms with Gasteiger partial charge in [0.15, 0.2) is 6.10 Å². The average Bonchev–Trinajstić information content (AvgIpc) is 2.98. The number of anilines is 2. The highest BCUT2D eigenvalue weighted by atomic mass is 35.5. The van der Waals surface area contributed by atoms with Gasteiger partial charge in [0.1, 0.15) is 5.75 Å². The fourth-order valence-electron chi connectivity index (χ4n) is 2.54. The summed E-state index contributed by atoms with van der Waals surface area (Å²) in [5, 5.41) is 3.46. The van der Waals surface area contributed by atoms with Crippen LogP contribution in [0.15, 0.2) is 42.5 Å². The number of amides is 2. The van der Waals surface area contributed by atoms with Crippen LogP contribution in [0.1, 0.15) is 12.5 Å². The third kappa shape index (κ3) is 3.36. The van der Waals surface area contributed by atoms with Crippen molar-refractivity contribution >= 4 is 34.8 Å². The van der Waals surface area contributed by atoms with Gasteiger partial charge in [-0.2, -0.15) is 0 Å². The van der Waals surface area contributed by atoms with Crippen molar-refractivity contribution in [1.82, 2.24) is 0 Å². The number of hydrogen-bond acceptors (Lipinski definition) is 3. The highest BCUT2D eigenvalue weighted by Gasteiger charge is 2.29. The molecule has 0 saturated heterocycles. The number of fused-ring (bicyclic) bond motifs is 1. The van der Waals surface area contributed by atoms with E-state index in [1.807, 2.05) is 6.07 Å². The van der Waals surface area contributed by atoms with Crippen LogP contribution in [0.2, 0.25) is 5.02 Å². The first-order valence-corrected chi connectivity index (χ1v) is 7.92. The lowest BCUT2D eigenvalue weighted by atomic mass is 10.1. The van der Waals surface area contributed by atoms with E-state index < -0.39 is 6.10 Å². The summed E-state index contributed by atoms with van der Waals surface area (Å²) in [6.45, 7) is 1.50. The van der Waals surface area contributed by atoms with Gasteiger partial charge in [0.2, 0.25) is 5.91 Å². The summed E-state index contributed by atoms with van der Waals surface area (Å²) in [6, 6.07) is 12.4. The molecule has 2 aromatic carbocycles. The van der Waals surface area contributed by atoms with Crippen LogP contribution in [0.25, 0.3) is 0 Å². The molecule has 24 heavy (non-hydrogen) atoms. The van der Waals surface area contributed by atoms with Crippen molar-refractivity contribution in [3.8, 4) is 5.75 Å². The zero-order chi connectivity index (χ0) is 17.3. The summed E-state index contributed by atoms with van der Waals surface area (Å²) in [5.41, 5.74) is 2.35. The van der Waals surface area contributed by atoms with Gasteiger partial charge in [-0.25, -0.2) is 0 Å². The van der Waals surface area contributed by atoms with Gasteiger partial charge in [0, 0.05) is 36.8 Å². The summed E-state index contributed by atoms with van der Waals surface area (Å²) in [5.74, 6) is 0.426. The average molecular weight is 345 g/mol. The van der Waals surface area contributed by atoms with Gasteiger partial charge in [-0.15, -0.1) is 0 Å². The van der Waals surface area contributed by atoms with Gasteiger partial charge in [-0.1, -0.05) is 11.6 Å². The third-order valence-corrected chi connectivity index (χ3v) is 4.22. The normalized spacial score (nSPS) is 15.4. The maximum atomic E-state index is 12.4. The molecule has 3 rings (SSSR count). The molecule has 6 heteroatoms. The minimum Gasteiger partial charge on any atom is -0.480 e. The Kier molecular flexibility index (Phi) is 4.44. The van der Waals surface area contributed by atoms with E-state index in [0.29, 0.717) is 22.9 Å². The van der Waals surface area contributed by atoms with E-state index in [9.17, 15) is 9.59 Å². The van der Waals surface area contributed by atoms with Crippen LogP contribution in [0.5, 0.6) is 5.75 Å². The van der Waals surface area contributed by atoms with E-state index in [1.54, 1.807) is 43.4 Å². The SMILES string of the molecule is CC(=O)N(C)c1ccc(NC(=O)C2Cc3cc(Cl)ccc3O2)cc1. The molecule has 0 bridgehead atoms. The van der Waals surface area contributed by atoms with Crippen molar-refractivity contribution in [2.45, 2.75) is 19.4 Å². The number of carbonyl (C=O) groups is 2. The zero-order valence-corrected chi connectivity index (χ0v) is 14.1. The summed E-state index contributed by atoms with van der Waals surface area (Å²) < 4.78 is 5.67. The van der Waals surface area contributed by atoms with Gasteiger partial charge in [-0.05, 0) is 48.0 Å². The molecule has 0 radical (unpaired) electrons. The van der Waals surface area contributed by atoms with Gasteiger partial charge in [-0.3, -0.25) is 9.59 Å². The van der Waals surface area contributed by atoms with E-state index in [4.69, 9.17) is 16.3 Å². The number of carbonyl (C=O) groups excluding carboxylic acids is 2. The van der Waals surface area contributed by atoms with E-state index >= 15 is 0 Å². The molecule has 1 N–H and O–H groups in total. The molecule has 0 saturated carbocycles. The minimum absolute atomic E-state index is 0.0532. The summed E-state index contributed by atoms with van der Waals surface area (Å²) in [4.78, 5) is 25.2. The predicted molar refractivity (Wildman–Crippen MR) is 93.7 cm³/mol. The van der Waals surface area contributed by atoms with E-state index in [2.05, 4.69) is 5.32 Å². The quantitative estimate of drug-likeness (QED) is 0.929. The number of ether oxygens (including phenoxy) is 1. The molecule has 0 aromatic heterocycles. The van der Waals surface area contributed by atoms with Crippen LogP contribution in [0.4, 0.5) is 11.4 Å². The molecule has 0 fully saturated rings. The van der Waals surface area contributed by atoms with Crippen molar-refractivity contribution < 1.29 is 14.3 Å². The van der Waals surface area contributed by atoms with Crippen molar-refractivity contribution in [3.05, 3.63) is 53.1 Å². The lowest BCUT2D eigenvalue weighted by Gasteiger charge is -2.16. The van der Waals surface area contributed by atoms with Crippen LogP contribution in [-0.2, 0) is 16.0 Å². The monoisotopic (exact) mass is 344 g/mol. The lowest BCUT2D eigenvalue weighted by molar-refractivity contribution is -0.122. The second-order valence-electron chi connectivity index (χ2n) is 5.68. The maximum absolute atomic E-state index is 12.4. The van der Waals surface area contributed by atoms with Gasteiger partial charge in [0.05, 0.1) is 0 Å². The molecule has 1 atom stereocenters. The number of benzene rings is 2. The van der Waals surface area contributed by atoms with Gasteiger partial charge in [0.25, 0.3) is 5.91 Å². The van der Waals surface area contributed by atoms with Gasteiger partial charge >= 0.3 is 0 Å². The number of nitrogens with one attached hydrogen (secondary N) is 1. The van der Waals surface area contributed by atoms with E-state index in [-0.39, 0.29) is 11.8 Å². The van der Waals surface area contributed by atoms with Crippen molar-refractivity contribution in [1.29, 1.82) is 0 Å². The lowest BCUT2D eigenvalue weighted by Crippen LogP contribution is -2.31. The Morgan fingerprint density at radius 1 is 1.21 bits per heavy atom. The highest BCUT2D eigenvalue weighted by molar-refractivity contribution is 6.30. The number of nitrogens with zero attached hydrogens (tertiary/aromatic N) is 1. The molecule has 1 aliphatic rings. The van der Waals surface area contributed by atoms with Gasteiger partial charge < -0.3 is 15.0 Å². The molecule has 0 aliphatic carbocycles. The molecule has 2 aromatic rings. The summed E-state index contributed by atoms with van der Waals surface area (Å²) >= 11 is 5.96. The first-order valence-electron chi connectivity index (χ1n) is 7.54. The smallest absolute Gasteiger partial charge is 0.265 e. The first-order chi connectivity index (χ1) is 11.4. The Bertz CT molecular complexity index is 789. The molecular formula is C18H17ClN2O3. The highest BCUT2D eigenvalue weighted by Crippen LogP contribution is 2.31. The molecule has 2 amide bonds. The van der Waals surface area contributed by atoms with Crippen LogP contribution in [-0.4, -0.2) is 25.0 Å². The second kappa shape index (κ2) is 6.53. The molecule has 1 unspecified atom stereocenters. The molecule has 1 aliphatic heterocycles. The molecule has 0 spiro atoms. The van der Waals surface area contributed by atoms with Crippen molar-refractivity contribution in [2.75, 3.05) is 17.3 Å². The van der Waals surface area contributed by atoms with Crippen molar-refractivity contribution in [3.63, 3.8) is 0 Å². The topological polar surface area (TPSA) is 58.6 Å². The zero-order valence-electron chi connectivity index (χ0n) is 13.4. The van der Waals surface area contributed by atoms with E-state index in [1.165, 1.54) is 11.8 Å². The first kappa shape index (κ1) is 16.3. The maximum Gasteiger partial charge on any atom is 0.265 e. The number of rotatable bonds is 3. The predicted octanol–water partition coefficient (Wildman–Crippen LogP) is 3.26. The van der Waals surface area contributed by atoms with Crippen molar-refractivity contribution in [2.24, 2.45) is 0 Å². The Morgan fingerprint density at radius 2 is 1.92 bits per heavy atom. The third-order valence-electron chi connectivity index (χ3n) is 3.98. The largest absolute Gasteiger partial charge is 0.480 e. The summed E-state index contributed by atoms with van der Waals surface area (Å²) in [6.07, 6.45) is -0.0783. The van der Waals surface area contributed by atoms with Crippen LogP contribution >= 0.6 is 11.6 Å². The fraction of sp³-hybridized carbons (Fsp3) is 0.222. The Morgan fingerprint density at radius 3 is 2.58 bits per heavy atom. The molecule has 5 nitrogen and oxygen atoms in total. The second-order valence-corrected chi connectivity index (χ2v) is 6.11. The molecule has 1 heterocycles. The Labute approximate surface area is 145 Å².